The molecule has 1 aliphatic heterocycles. The van der Waals surface area contributed by atoms with Crippen LogP contribution < -0.4 is 10.2 Å². The number of carbonyl (C=O) groups is 2. The first-order valence-electron chi connectivity index (χ1n) is 9.84. The summed E-state index contributed by atoms with van der Waals surface area (Å²) in [7, 11) is 0. The van der Waals surface area contributed by atoms with Crippen LogP contribution in [-0.2, 0) is 17.9 Å². The Morgan fingerprint density at radius 3 is 2.55 bits per heavy atom. The van der Waals surface area contributed by atoms with Crippen LogP contribution in [-0.4, -0.2) is 17.6 Å². The Kier molecular flexibility index (Phi) is 6.59. The molecule has 1 N–H and O–H groups in total. The molecule has 0 radical (unpaired) electrons. The van der Waals surface area contributed by atoms with E-state index in [9.17, 15) is 14.0 Å². The molecule has 0 atom stereocenters. The lowest BCUT2D eigenvalue weighted by Gasteiger charge is -2.24. The summed E-state index contributed by atoms with van der Waals surface area (Å²) in [6.07, 6.45) is 0.337. The third kappa shape index (κ3) is 5.09. The summed E-state index contributed by atoms with van der Waals surface area (Å²) in [6, 6.07) is 19.5. The highest BCUT2D eigenvalue weighted by Crippen LogP contribution is 2.37. The first-order valence-corrected chi connectivity index (χ1v) is 11.2. The van der Waals surface area contributed by atoms with Gasteiger partial charge >= 0.3 is 0 Å². The van der Waals surface area contributed by atoms with Crippen LogP contribution in [0.3, 0.4) is 0 Å². The molecule has 2 amide bonds. The molecule has 3 aromatic rings. The van der Waals surface area contributed by atoms with Crippen molar-refractivity contribution in [2.45, 2.75) is 24.4 Å². The van der Waals surface area contributed by atoms with Crippen molar-refractivity contribution in [2.75, 3.05) is 10.7 Å². The largest absolute Gasteiger partial charge is 0.348 e. The number of halogens is 2. The SMILES string of the molecule is O=C(NCc1ccccc1)c1cc2c(cc1F)SCCC(=O)N2Cc1ccc(Cl)cc1. The van der Waals surface area contributed by atoms with Gasteiger partial charge in [0.15, 0.2) is 0 Å². The number of hydrogen-bond acceptors (Lipinski definition) is 3. The molecule has 0 saturated carbocycles. The van der Waals surface area contributed by atoms with Crippen LogP contribution in [0.5, 0.6) is 0 Å². The summed E-state index contributed by atoms with van der Waals surface area (Å²) in [5, 5.41) is 3.37. The van der Waals surface area contributed by atoms with Crippen molar-refractivity contribution >= 4 is 40.9 Å². The predicted molar refractivity (Wildman–Crippen MR) is 122 cm³/mol. The normalized spacial score (nSPS) is 13.5. The third-order valence-corrected chi connectivity index (χ3v) is 6.31. The quantitative estimate of drug-likeness (QED) is 0.558. The van der Waals surface area contributed by atoms with Crippen molar-refractivity contribution in [3.63, 3.8) is 0 Å². The summed E-state index contributed by atoms with van der Waals surface area (Å²) in [5.74, 6) is -0.625. The second kappa shape index (κ2) is 9.54. The summed E-state index contributed by atoms with van der Waals surface area (Å²) >= 11 is 7.39. The van der Waals surface area contributed by atoms with Crippen LogP contribution in [0.2, 0.25) is 5.02 Å². The summed E-state index contributed by atoms with van der Waals surface area (Å²) in [5.41, 5.74) is 2.29. The average Bonchev–Trinajstić information content (AvgIpc) is 2.92. The maximum Gasteiger partial charge on any atom is 0.254 e. The molecule has 1 aliphatic rings. The van der Waals surface area contributed by atoms with Crippen molar-refractivity contribution in [2.24, 2.45) is 0 Å². The van der Waals surface area contributed by atoms with E-state index in [0.29, 0.717) is 40.9 Å². The lowest BCUT2D eigenvalue weighted by atomic mass is 10.1. The van der Waals surface area contributed by atoms with Gasteiger partial charge in [-0.3, -0.25) is 9.59 Å². The molecule has 7 heteroatoms. The number of nitrogens with one attached hydrogen (secondary N) is 1. The van der Waals surface area contributed by atoms with Crippen molar-refractivity contribution in [3.8, 4) is 0 Å². The fourth-order valence-electron chi connectivity index (χ4n) is 3.38. The van der Waals surface area contributed by atoms with E-state index >= 15 is 0 Å². The van der Waals surface area contributed by atoms with Crippen LogP contribution in [0.4, 0.5) is 10.1 Å². The zero-order valence-corrected chi connectivity index (χ0v) is 18.2. The number of fused-ring (bicyclic) bond motifs is 1. The molecule has 4 nitrogen and oxygen atoms in total. The van der Waals surface area contributed by atoms with E-state index in [0.717, 1.165) is 11.1 Å². The maximum atomic E-state index is 14.8. The highest BCUT2D eigenvalue weighted by molar-refractivity contribution is 7.99. The van der Waals surface area contributed by atoms with E-state index in [4.69, 9.17) is 11.6 Å². The maximum absolute atomic E-state index is 14.8. The Balaban J connectivity index is 1.63. The molecule has 0 fully saturated rings. The van der Waals surface area contributed by atoms with Gasteiger partial charge in [-0.05, 0) is 35.4 Å². The highest BCUT2D eigenvalue weighted by atomic mass is 35.5. The Labute approximate surface area is 189 Å². The Morgan fingerprint density at radius 1 is 1.06 bits per heavy atom. The average molecular weight is 455 g/mol. The Morgan fingerprint density at radius 2 is 1.81 bits per heavy atom. The van der Waals surface area contributed by atoms with E-state index in [-0.39, 0.29) is 11.5 Å². The first-order chi connectivity index (χ1) is 15.0. The van der Waals surface area contributed by atoms with Crippen LogP contribution in [0.25, 0.3) is 0 Å². The number of rotatable bonds is 5. The molecular weight excluding hydrogens is 435 g/mol. The molecule has 0 spiro atoms. The minimum atomic E-state index is -0.599. The Hall–Kier alpha value is -2.83. The van der Waals surface area contributed by atoms with Gasteiger partial charge < -0.3 is 10.2 Å². The molecule has 0 aliphatic carbocycles. The van der Waals surface area contributed by atoms with Crippen LogP contribution in [0.1, 0.15) is 27.9 Å². The lowest BCUT2D eigenvalue weighted by molar-refractivity contribution is -0.118. The predicted octanol–water partition coefficient (Wildman–Crippen LogP) is 5.44. The van der Waals surface area contributed by atoms with Gasteiger partial charge in [0.25, 0.3) is 5.91 Å². The van der Waals surface area contributed by atoms with Gasteiger partial charge in [-0.1, -0.05) is 54.1 Å². The summed E-state index contributed by atoms with van der Waals surface area (Å²) in [4.78, 5) is 27.8. The molecule has 0 bridgehead atoms. The van der Waals surface area contributed by atoms with Gasteiger partial charge in [0, 0.05) is 28.6 Å². The van der Waals surface area contributed by atoms with E-state index in [1.165, 1.54) is 23.9 Å². The van der Waals surface area contributed by atoms with Crippen LogP contribution in [0.15, 0.2) is 71.6 Å². The fraction of sp³-hybridized carbons (Fsp3) is 0.167. The lowest BCUT2D eigenvalue weighted by Crippen LogP contribution is -2.31. The highest BCUT2D eigenvalue weighted by Gasteiger charge is 2.26. The van der Waals surface area contributed by atoms with Crippen molar-refractivity contribution in [1.29, 1.82) is 0 Å². The number of thioether (sulfide) groups is 1. The van der Waals surface area contributed by atoms with Crippen molar-refractivity contribution in [3.05, 3.63) is 94.3 Å². The van der Waals surface area contributed by atoms with E-state index in [1.54, 1.807) is 17.0 Å². The molecule has 0 aromatic heterocycles. The van der Waals surface area contributed by atoms with E-state index < -0.39 is 11.7 Å². The Bertz CT molecular complexity index is 1110. The fourth-order valence-corrected chi connectivity index (χ4v) is 4.51. The zero-order valence-electron chi connectivity index (χ0n) is 16.6. The number of benzene rings is 3. The molecule has 158 valence electrons. The molecule has 0 saturated heterocycles. The van der Waals surface area contributed by atoms with Crippen molar-refractivity contribution < 1.29 is 14.0 Å². The smallest absolute Gasteiger partial charge is 0.254 e. The molecule has 4 rings (SSSR count). The number of hydrogen-bond donors (Lipinski definition) is 1. The molecule has 1 heterocycles. The number of anilines is 1. The van der Waals surface area contributed by atoms with Gasteiger partial charge in [0.1, 0.15) is 5.82 Å². The van der Waals surface area contributed by atoms with Gasteiger partial charge in [0.2, 0.25) is 5.91 Å². The minimum absolute atomic E-state index is 0.0662. The third-order valence-electron chi connectivity index (χ3n) is 5.01. The summed E-state index contributed by atoms with van der Waals surface area (Å²) < 4.78 is 14.8. The van der Waals surface area contributed by atoms with Gasteiger partial charge in [0.05, 0.1) is 17.8 Å². The number of carbonyl (C=O) groups excluding carboxylic acids is 2. The van der Waals surface area contributed by atoms with Gasteiger partial charge in [-0.15, -0.1) is 11.8 Å². The molecule has 31 heavy (non-hydrogen) atoms. The zero-order chi connectivity index (χ0) is 21.8. The number of amides is 2. The standard InChI is InChI=1S/C24H20ClFN2O2S/c25-18-8-6-17(7-9-18)15-28-21-12-19(20(26)13-22(21)31-11-10-23(28)29)24(30)27-14-16-4-2-1-3-5-16/h1-9,12-13H,10-11,14-15H2,(H,27,30). The topological polar surface area (TPSA) is 49.4 Å². The van der Waals surface area contributed by atoms with Crippen LogP contribution in [0, 0.1) is 5.82 Å². The summed E-state index contributed by atoms with van der Waals surface area (Å²) in [6.45, 7) is 0.610. The van der Waals surface area contributed by atoms with E-state index in [1.807, 2.05) is 42.5 Å². The first kappa shape index (κ1) is 21.4. The molecule has 0 unspecified atom stereocenters. The van der Waals surface area contributed by atoms with E-state index in [2.05, 4.69) is 5.32 Å². The second-order valence-electron chi connectivity index (χ2n) is 7.17. The van der Waals surface area contributed by atoms with Crippen molar-refractivity contribution in [1.82, 2.24) is 5.32 Å². The monoisotopic (exact) mass is 454 g/mol. The molecular formula is C24H20ClFN2O2S. The van der Waals surface area contributed by atoms with Gasteiger partial charge in [-0.25, -0.2) is 4.39 Å². The number of nitrogens with zero attached hydrogens (tertiary/aromatic N) is 1. The van der Waals surface area contributed by atoms with Gasteiger partial charge in [-0.2, -0.15) is 0 Å². The minimum Gasteiger partial charge on any atom is -0.348 e. The molecule has 3 aromatic carbocycles. The second-order valence-corrected chi connectivity index (χ2v) is 8.75. The van der Waals surface area contributed by atoms with Crippen LogP contribution >= 0.6 is 23.4 Å².